The zero-order valence-electron chi connectivity index (χ0n) is 5.98. The Hall–Kier alpha value is -1.00. The van der Waals surface area contributed by atoms with E-state index in [1.165, 1.54) is 0 Å². The van der Waals surface area contributed by atoms with Gasteiger partial charge in [0.25, 0.3) is 0 Å². The molecule has 0 bridgehead atoms. The first-order valence-electron chi connectivity index (χ1n) is 2.85. The van der Waals surface area contributed by atoms with E-state index in [1.807, 2.05) is 0 Å². The number of halogens is 3. The van der Waals surface area contributed by atoms with Gasteiger partial charge in [0.05, 0.1) is 0 Å². The molecule has 0 aliphatic heterocycles. The Kier molecular flexibility index (Phi) is 3.10. The molecule has 0 saturated heterocycles. The van der Waals surface area contributed by atoms with Gasteiger partial charge in [-0.05, 0) is 0 Å². The lowest BCUT2D eigenvalue weighted by molar-refractivity contribution is -0.236. The molecule has 0 atom stereocenters. The van der Waals surface area contributed by atoms with Crippen molar-refractivity contribution < 1.29 is 18.0 Å². The van der Waals surface area contributed by atoms with Crippen molar-refractivity contribution >= 4 is 5.91 Å². The number of alkyl halides is 3. The highest BCUT2D eigenvalue weighted by atomic mass is 19.4. The van der Waals surface area contributed by atoms with Crippen LogP contribution >= 0.6 is 0 Å². The Morgan fingerprint density at radius 3 is 2.18 bits per heavy atom. The molecule has 0 aliphatic rings. The number of carbonyl (C=O) groups excluding carboxylic acids is 1. The van der Waals surface area contributed by atoms with Crippen molar-refractivity contribution in [2.45, 2.75) is 13.2 Å². The molecule has 2 nitrogen and oxygen atoms in total. The molecule has 5 heteroatoms. The van der Waals surface area contributed by atoms with Crippen LogP contribution < -0.4 is 0 Å². The third-order valence-electron chi connectivity index (χ3n) is 0.998. The minimum Gasteiger partial charge on any atom is -0.275 e. The van der Waals surface area contributed by atoms with E-state index in [0.717, 1.165) is 13.0 Å². The summed E-state index contributed by atoms with van der Waals surface area (Å²) in [5, 5.41) is 0. The van der Waals surface area contributed by atoms with Crippen molar-refractivity contribution in [2.24, 2.45) is 0 Å². The van der Waals surface area contributed by atoms with Crippen molar-refractivity contribution in [3.05, 3.63) is 12.7 Å². The third-order valence-corrected chi connectivity index (χ3v) is 0.998. The summed E-state index contributed by atoms with van der Waals surface area (Å²) in [6.45, 7) is 3.46. The predicted molar refractivity (Wildman–Crippen MR) is 33.6 cm³/mol. The lowest BCUT2D eigenvalue weighted by atomic mass is 10.5. The van der Waals surface area contributed by atoms with Crippen molar-refractivity contribution in [3.63, 3.8) is 0 Å². The first-order chi connectivity index (χ1) is 4.89. The molecule has 0 fully saturated rings. The zero-order chi connectivity index (χ0) is 9.07. The minimum atomic E-state index is -4.60. The quantitative estimate of drug-likeness (QED) is 0.451. The molecule has 11 heavy (non-hydrogen) atoms. The molecule has 0 aromatic heterocycles. The van der Waals surface area contributed by atoms with Crippen LogP contribution in [0, 0.1) is 0 Å². The zero-order valence-corrected chi connectivity index (χ0v) is 5.98. The van der Waals surface area contributed by atoms with Crippen LogP contribution in [0.2, 0.25) is 0 Å². The van der Waals surface area contributed by atoms with E-state index in [4.69, 9.17) is 0 Å². The second kappa shape index (κ2) is 3.41. The summed E-state index contributed by atoms with van der Waals surface area (Å²) >= 11 is 0. The van der Waals surface area contributed by atoms with E-state index >= 15 is 0 Å². The van der Waals surface area contributed by atoms with Crippen LogP contribution in [-0.4, -0.2) is 23.7 Å². The fourth-order valence-corrected chi connectivity index (χ4v) is 0.540. The standard InChI is InChI=1S/C6H8F3NO/c1-3-4-10(5(2)11)6(7,8)9/h3H,1,4H2,2H3. The van der Waals surface area contributed by atoms with Crippen LogP contribution in [0.1, 0.15) is 6.92 Å². The second-order valence-corrected chi connectivity index (χ2v) is 1.89. The topological polar surface area (TPSA) is 20.3 Å². The van der Waals surface area contributed by atoms with Crippen LogP contribution in [-0.2, 0) is 4.79 Å². The van der Waals surface area contributed by atoms with Gasteiger partial charge in [-0.15, -0.1) is 19.8 Å². The van der Waals surface area contributed by atoms with Crippen LogP contribution in [0.5, 0.6) is 0 Å². The van der Waals surface area contributed by atoms with Gasteiger partial charge in [0, 0.05) is 13.5 Å². The Balaban J connectivity index is 4.34. The average Bonchev–Trinajstić information content (AvgIpc) is 1.79. The smallest absolute Gasteiger partial charge is 0.275 e. The number of nitrogens with zero attached hydrogens (tertiary/aromatic N) is 1. The van der Waals surface area contributed by atoms with Crippen LogP contribution in [0.3, 0.4) is 0 Å². The van der Waals surface area contributed by atoms with E-state index in [0.29, 0.717) is 0 Å². The number of amides is 1. The molecule has 0 heterocycles. The maximum absolute atomic E-state index is 11.8. The first kappa shape index (κ1) is 10.0. The highest BCUT2D eigenvalue weighted by Gasteiger charge is 2.38. The van der Waals surface area contributed by atoms with Gasteiger partial charge in [0.2, 0.25) is 5.91 Å². The molecule has 0 radical (unpaired) electrons. The van der Waals surface area contributed by atoms with Crippen molar-refractivity contribution in [3.8, 4) is 0 Å². The monoisotopic (exact) mass is 167 g/mol. The van der Waals surface area contributed by atoms with Gasteiger partial charge < -0.3 is 0 Å². The number of hydrogen-bond acceptors (Lipinski definition) is 1. The summed E-state index contributed by atoms with van der Waals surface area (Å²) in [6.07, 6.45) is -3.57. The summed E-state index contributed by atoms with van der Waals surface area (Å²) < 4.78 is 35.4. The molecule has 0 saturated carbocycles. The molecule has 0 aliphatic carbocycles. The molecular weight excluding hydrogens is 159 g/mol. The van der Waals surface area contributed by atoms with Crippen molar-refractivity contribution in [1.29, 1.82) is 0 Å². The Morgan fingerprint density at radius 2 is 2.09 bits per heavy atom. The van der Waals surface area contributed by atoms with E-state index in [9.17, 15) is 18.0 Å². The van der Waals surface area contributed by atoms with Gasteiger partial charge >= 0.3 is 6.30 Å². The van der Waals surface area contributed by atoms with Gasteiger partial charge in [-0.25, -0.2) is 0 Å². The van der Waals surface area contributed by atoms with Gasteiger partial charge in [-0.1, -0.05) is 6.08 Å². The van der Waals surface area contributed by atoms with Crippen LogP contribution in [0.25, 0.3) is 0 Å². The fraction of sp³-hybridized carbons (Fsp3) is 0.500. The van der Waals surface area contributed by atoms with Gasteiger partial charge in [-0.3, -0.25) is 9.69 Å². The predicted octanol–water partition coefficient (Wildman–Crippen LogP) is 1.54. The number of hydrogen-bond donors (Lipinski definition) is 0. The van der Waals surface area contributed by atoms with Crippen LogP contribution in [0.4, 0.5) is 13.2 Å². The second-order valence-electron chi connectivity index (χ2n) is 1.89. The molecular formula is C6H8F3NO. The van der Waals surface area contributed by atoms with Gasteiger partial charge in [0.15, 0.2) is 0 Å². The number of rotatable bonds is 2. The number of carbonyl (C=O) groups is 1. The van der Waals surface area contributed by atoms with E-state index in [-0.39, 0.29) is 4.90 Å². The Labute approximate surface area is 62.3 Å². The highest BCUT2D eigenvalue weighted by Crippen LogP contribution is 2.20. The molecule has 0 aromatic carbocycles. The first-order valence-corrected chi connectivity index (χ1v) is 2.85. The Morgan fingerprint density at radius 1 is 1.64 bits per heavy atom. The summed E-state index contributed by atoms with van der Waals surface area (Å²) in [4.78, 5) is 10.1. The summed E-state index contributed by atoms with van der Waals surface area (Å²) in [5.74, 6) is -1.03. The molecule has 0 N–H and O–H groups in total. The molecule has 0 aromatic rings. The van der Waals surface area contributed by atoms with E-state index < -0.39 is 18.8 Å². The van der Waals surface area contributed by atoms with Crippen molar-refractivity contribution in [1.82, 2.24) is 4.90 Å². The summed E-state index contributed by atoms with van der Waals surface area (Å²) in [5.41, 5.74) is 0. The van der Waals surface area contributed by atoms with E-state index in [2.05, 4.69) is 6.58 Å². The summed E-state index contributed by atoms with van der Waals surface area (Å²) in [7, 11) is 0. The SMILES string of the molecule is C=CCN(C(C)=O)C(F)(F)F. The lowest BCUT2D eigenvalue weighted by Gasteiger charge is -2.21. The molecule has 0 rings (SSSR count). The van der Waals surface area contributed by atoms with Gasteiger partial charge in [0.1, 0.15) is 0 Å². The molecule has 0 unspecified atom stereocenters. The highest BCUT2D eigenvalue weighted by molar-refractivity contribution is 5.73. The normalized spacial score (nSPS) is 10.9. The lowest BCUT2D eigenvalue weighted by Crippen LogP contribution is -2.41. The Bertz CT molecular complexity index is 164. The maximum atomic E-state index is 11.8. The largest absolute Gasteiger partial charge is 0.487 e. The van der Waals surface area contributed by atoms with Gasteiger partial charge in [-0.2, -0.15) is 0 Å². The minimum absolute atomic E-state index is 0.222. The summed E-state index contributed by atoms with van der Waals surface area (Å²) in [6, 6.07) is 0. The van der Waals surface area contributed by atoms with E-state index in [1.54, 1.807) is 0 Å². The molecule has 64 valence electrons. The average molecular weight is 167 g/mol. The van der Waals surface area contributed by atoms with Crippen molar-refractivity contribution in [2.75, 3.05) is 6.54 Å². The third kappa shape index (κ3) is 3.06. The molecule has 0 spiro atoms. The fourth-order valence-electron chi connectivity index (χ4n) is 0.540. The van der Waals surface area contributed by atoms with Crippen LogP contribution in [0.15, 0.2) is 12.7 Å². The molecule has 1 amide bonds. The maximum Gasteiger partial charge on any atom is 0.487 e.